The lowest BCUT2D eigenvalue weighted by atomic mass is 9.95. The molecule has 0 bridgehead atoms. The Kier molecular flexibility index (Phi) is 4.26. The van der Waals surface area contributed by atoms with Crippen molar-refractivity contribution >= 4 is 0 Å². The molecule has 0 heterocycles. The maximum Gasteiger partial charge on any atom is 0.417 e. The van der Waals surface area contributed by atoms with Crippen LogP contribution < -0.4 is 4.74 Å². The molecule has 2 aromatic carbocycles. The first kappa shape index (κ1) is 15.4. The van der Waals surface area contributed by atoms with Crippen molar-refractivity contribution in [3.8, 4) is 16.9 Å². The first-order valence-corrected chi connectivity index (χ1v) is 6.74. The molecular formula is C17H17F3O. The van der Waals surface area contributed by atoms with Gasteiger partial charge in [0.2, 0.25) is 0 Å². The molecule has 21 heavy (non-hydrogen) atoms. The molecule has 1 nitrogen and oxygen atoms in total. The quantitative estimate of drug-likeness (QED) is 0.737. The molecule has 2 aromatic rings. The van der Waals surface area contributed by atoms with Crippen molar-refractivity contribution < 1.29 is 17.9 Å². The third-order valence-corrected chi connectivity index (χ3v) is 3.21. The lowest BCUT2D eigenvalue weighted by Crippen LogP contribution is -2.08. The van der Waals surface area contributed by atoms with Crippen LogP contribution in [-0.4, -0.2) is 6.61 Å². The summed E-state index contributed by atoms with van der Waals surface area (Å²) in [6.45, 7) is 5.84. The Bertz CT molecular complexity index is 645. The van der Waals surface area contributed by atoms with Crippen molar-refractivity contribution in [2.45, 2.75) is 26.9 Å². The van der Waals surface area contributed by atoms with E-state index in [1.54, 1.807) is 25.1 Å². The van der Waals surface area contributed by atoms with Crippen LogP contribution in [0.4, 0.5) is 13.2 Å². The smallest absolute Gasteiger partial charge is 0.417 e. The zero-order valence-corrected chi connectivity index (χ0v) is 12.2. The van der Waals surface area contributed by atoms with Gasteiger partial charge in [-0.25, -0.2) is 0 Å². The van der Waals surface area contributed by atoms with Crippen LogP contribution in [0.15, 0.2) is 36.4 Å². The normalized spacial score (nSPS) is 11.5. The minimum Gasteiger partial charge on any atom is -0.493 e. The first-order valence-electron chi connectivity index (χ1n) is 6.74. The fourth-order valence-electron chi connectivity index (χ4n) is 2.26. The van der Waals surface area contributed by atoms with Gasteiger partial charge < -0.3 is 4.74 Å². The Balaban J connectivity index is 2.71. The highest BCUT2D eigenvalue weighted by atomic mass is 19.4. The molecule has 0 aliphatic heterocycles. The second-order valence-electron chi connectivity index (χ2n) is 4.98. The van der Waals surface area contributed by atoms with Crippen LogP contribution in [0.3, 0.4) is 0 Å². The van der Waals surface area contributed by atoms with Crippen LogP contribution >= 0.6 is 0 Å². The van der Waals surface area contributed by atoms with Gasteiger partial charge >= 0.3 is 6.18 Å². The van der Waals surface area contributed by atoms with E-state index in [4.69, 9.17) is 4.74 Å². The zero-order chi connectivity index (χ0) is 15.6. The average Bonchev–Trinajstić information content (AvgIpc) is 2.39. The molecule has 0 atom stereocenters. The van der Waals surface area contributed by atoms with Gasteiger partial charge in [0, 0.05) is 5.56 Å². The number of rotatable bonds is 3. The largest absolute Gasteiger partial charge is 0.493 e. The van der Waals surface area contributed by atoms with Gasteiger partial charge in [-0.15, -0.1) is 0 Å². The summed E-state index contributed by atoms with van der Waals surface area (Å²) in [4.78, 5) is 0. The van der Waals surface area contributed by atoms with E-state index in [0.717, 1.165) is 17.2 Å². The van der Waals surface area contributed by atoms with Gasteiger partial charge in [0.05, 0.1) is 12.2 Å². The van der Waals surface area contributed by atoms with Crippen molar-refractivity contribution in [3.63, 3.8) is 0 Å². The molecular weight excluding hydrogens is 277 g/mol. The van der Waals surface area contributed by atoms with Crippen LogP contribution in [0.5, 0.6) is 5.75 Å². The summed E-state index contributed by atoms with van der Waals surface area (Å²) in [5.74, 6) is 0.471. The summed E-state index contributed by atoms with van der Waals surface area (Å²) in [5, 5.41) is 0. The van der Waals surface area contributed by atoms with Crippen LogP contribution in [0, 0.1) is 13.8 Å². The fourth-order valence-corrected chi connectivity index (χ4v) is 2.26. The van der Waals surface area contributed by atoms with E-state index in [9.17, 15) is 13.2 Å². The molecule has 0 aliphatic carbocycles. The average molecular weight is 294 g/mol. The highest BCUT2D eigenvalue weighted by molar-refractivity contribution is 5.75. The molecule has 0 unspecified atom stereocenters. The second-order valence-corrected chi connectivity index (χ2v) is 4.98. The molecule has 4 heteroatoms. The molecule has 0 N–H and O–H groups in total. The third-order valence-electron chi connectivity index (χ3n) is 3.21. The summed E-state index contributed by atoms with van der Waals surface area (Å²) in [6.07, 6.45) is -4.39. The standard InChI is InChI=1S/C17H17F3O/c1-4-21-16-8-6-12(3)10-14(16)13-9-11(2)5-7-15(13)17(18,19)20/h5-10H,4H2,1-3H3. The maximum absolute atomic E-state index is 13.2. The Labute approximate surface area is 122 Å². The number of halogens is 3. The van der Waals surface area contributed by atoms with E-state index >= 15 is 0 Å². The molecule has 0 aromatic heterocycles. The van der Waals surface area contributed by atoms with Gasteiger partial charge in [-0.1, -0.05) is 29.3 Å². The van der Waals surface area contributed by atoms with Gasteiger partial charge in [0.15, 0.2) is 0 Å². The summed E-state index contributed by atoms with van der Waals surface area (Å²) in [5.41, 5.74) is 1.67. The SMILES string of the molecule is CCOc1ccc(C)cc1-c1cc(C)ccc1C(F)(F)F. The van der Waals surface area contributed by atoms with Crippen molar-refractivity contribution in [1.82, 2.24) is 0 Å². The van der Waals surface area contributed by atoms with E-state index in [0.29, 0.717) is 17.9 Å². The summed E-state index contributed by atoms with van der Waals surface area (Å²) >= 11 is 0. The molecule has 0 spiro atoms. The van der Waals surface area contributed by atoms with Crippen LogP contribution in [-0.2, 0) is 6.18 Å². The Morgan fingerprint density at radius 2 is 1.48 bits per heavy atom. The predicted molar refractivity (Wildman–Crippen MR) is 77.5 cm³/mol. The van der Waals surface area contributed by atoms with Crippen molar-refractivity contribution in [2.75, 3.05) is 6.61 Å². The van der Waals surface area contributed by atoms with E-state index in [2.05, 4.69) is 0 Å². The highest BCUT2D eigenvalue weighted by Crippen LogP contribution is 2.41. The van der Waals surface area contributed by atoms with Gasteiger partial charge in [-0.3, -0.25) is 0 Å². The third kappa shape index (κ3) is 3.38. The van der Waals surface area contributed by atoms with Crippen molar-refractivity contribution in [2.24, 2.45) is 0 Å². The van der Waals surface area contributed by atoms with E-state index in [1.165, 1.54) is 6.07 Å². The van der Waals surface area contributed by atoms with Crippen LogP contribution in [0.1, 0.15) is 23.6 Å². The van der Waals surface area contributed by atoms with Gasteiger partial charge in [-0.2, -0.15) is 13.2 Å². The van der Waals surface area contributed by atoms with Gasteiger partial charge in [-0.05, 0) is 44.5 Å². The first-order chi connectivity index (χ1) is 9.82. The Morgan fingerprint density at radius 3 is 2.05 bits per heavy atom. The molecule has 0 amide bonds. The molecule has 0 saturated carbocycles. The topological polar surface area (TPSA) is 9.23 Å². The Hall–Kier alpha value is -1.97. The number of hydrogen-bond donors (Lipinski definition) is 0. The van der Waals surface area contributed by atoms with E-state index in [1.807, 2.05) is 19.9 Å². The van der Waals surface area contributed by atoms with Gasteiger partial charge in [0.1, 0.15) is 5.75 Å². The van der Waals surface area contributed by atoms with Crippen LogP contribution in [0.25, 0.3) is 11.1 Å². The van der Waals surface area contributed by atoms with E-state index in [-0.39, 0.29) is 5.56 Å². The summed E-state index contributed by atoms with van der Waals surface area (Å²) in [6, 6.07) is 9.44. The molecule has 2 rings (SSSR count). The fraction of sp³-hybridized carbons (Fsp3) is 0.294. The predicted octanol–water partition coefficient (Wildman–Crippen LogP) is 5.39. The minimum absolute atomic E-state index is 0.162. The van der Waals surface area contributed by atoms with Gasteiger partial charge in [0.25, 0.3) is 0 Å². The second kappa shape index (κ2) is 5.80. The lowest BCUT2D eigenvalue weighted by Gasteiger charge is -2.17. The zero-order valence-electron chi connectivity index (χ0n) is 12.2. The maximum atomic E-state index is 13.2. The highest BCUT2D eigenvalue weighted by Gasteiger charge is 2.34. The summed E-state index contributed by atoms with van der Waals surface area (Å²) in [7, 11) is 0. The number of ether oxygens (including phenoxy) is 1. The van der Waals surface area contributed by atoms with Crippen molar-refractivity contribution in [1.29, 1.82) is 0 Å². The van der Waals surface area contributed by atoms with E-state index < -0.39 is 11.7 Å². The monoisotopic (exact) mass is 294 g/mol. The summed E-state index contributed by atoms with van der Waals surface area (Å²) < 4.78 is 45.2. The molecule has 0 saturated heterocycles. The van der Waals surface area contributed by atoms with Crippen molar-refractivity contribution in [3.05, 3.63) is 53.1 Å². The molecule has 112 valence electrons. The number of hydrogen-bond acceptors (Lipinski definition) is 1. The number of alkyl halides is 3. The minimum atomic E-state index is -4.39. The number of aryl methyl sites for hydroxylation is 2. The number of benzene rings is 2. The lowest BCUT2D eigenvalue weighted by molar-refractivity contribution is -0.137. The molecule has 0 aliphatic rings. The Morgan fingerprint density at radius 1 is 0.905 bits per heavy atom. The molecule has 0 radical (unpaired) electrons. The molecule has 0 fully saturated rings. The van der Waals surface area contributed by atoms with Crippen LogP contribution in [0.2, 0.25) is 0 Å².